The normalized spacial score (nSPS) is 19.1. The Bertz CT molecular complexity index is 1460. The Labute approximate surface area is 191 Å². The number of hydrogen-bond donors (Lipinski definition) is 2. The predicted octanol–water partition coefficient (Wildman–Crippen LogP) is 3.96. The summed E-state index contributed by atoms with van der Waals surface area (Å²) in [5.41, 5.74) is 4.52. The van der Waals surface area contributed by atoms with E-state index in [1.54, 1.807) is 0 Å². The van der Waals surface area contributed by atoms with Crippen LogP contribution in [0.5, 0.6) is 0 Å². The minimum atomic E-state index is -0.352. The van der Waals surface area contributed by atoms with Crippen molar-refractivity contribution in [2.24, 2.45) is 5.92 Å². The molecule has 6 nitrogen and oxygen atoms in total. The highest BCUT2D eigenvalue weighted by Crippen LogP contribution is 2.39. The monoisotopic (exact) mass is 439 g/mol. The van der Waals surface area contributed by atoms with Gasteiger partial charge < -0.3 is 14.2 Å². The second kappa shape index (κ2) is 7.74. The lowest BCUT2D eigenvalue weighted by atomic mass is 9.95. The van der Waals surface area contributed by atoms with Crippen LogP contribution < -0.4 is 5.32 Å². The Balaban J connectivity index is 1.68. The smallest absolute Gasteiger partial charge is 0.259 e. The van der Waals surface area contributed by atoms with Gasteiger partial charge in [-0.05, 0) is 37.3 Å². The molecule has 0 radical (unpaired) electrons. The number of aromatic nitrogens is 2. The highest BCUT2D eigenvalue weighted by Gasteiger charge is 2.35. The van der Waals surface area contributed by atoms with Crippen LogP contribution in [0.25, 0.3) is 33.0 Å². The molecule has 0 saturated heterocycles. The van der Waals surface area contributed by atoms with Crippen molar-refractivity contribution in [3.05, 3.63) is 72.1 Å². The van der Waals surface area contributed by atoms with Crippen LogP contribution in [0.4, 0.5) is 0 Å². The number of hydrogen-bond acceptors (Lipinski definition) is 3. The summed E-state index contributed by atoms with van der Waals surface area (Å²) >= 11 is 0. The fourth-order valence-corrected chi connectivity index (χ4v) is 5.43. The topological polar surface area (TPSA) is 76.3 Å². The van der Waals surface area contributed by atoms with Gasteiger partial charge in [-0.3, -0.25) is 14.9 Å². The SMILES string of the molecule is O=C1NC(=O)C2=C1c1cn(c3ccccc13)CCCC(CO)CCn1cc2c2ccccc21. The van der Waals surface area contributed by atoms with Crippen molar-refractivity contribution in [2.45, 2.75) is 32.4 Å². The summed E-state index contributed by atoms with van der Waals surface area (Å²) in [6.45, 7) is 1.70. The number of imide groups is 1. The zero-order chi connectivity index (χ0) is 22.5. The zero-order valence-corrected chi connectivity index (χ0v) is 18.3. The summed E-state index contributed by atoms with van der Waals surface area (Å²) in [6, 6.07) is 16.0. The van der Waals surface area contributed by atoms with E-state index < -0.39 is 0 Å². The van der Waals surface area contributed by atoms with Crippen LogP contribution in [-0.4, -0.2) is 32.7 Å². The average molecular weight is 440 g/mol. The lowest BCUT2D eigenvalue weighted by Gasteiger charge is -2.16. The van der Waals surface area contributed by atoms with Gasteiger partial charge in [0.1, 0.15) is 0 Å². The molecule has 2 aliphatic rings. The maximum atomic E-state index is 13.1. The van der Waals surface area contributed by atoms with Gasteiger partial charge in [0, 0.05) is 65.0 Å². The molecule has 2 N–H and O–H groups in total. The summed E-state index contributed by atoms with van der Waals surface area (Å²) in [5, 5.41) is 14.4. The van der Waals surface area contributed by atoms with Crippen molar-refractivity contribution < 1.29 is 14.7 Å². The summed E-state index contributed by atoms with van der Waals surface area (Å²) < 4.78 is 4.33. The maximum absolute atomic E-state index is 13.1. The van der Waals surface area contributed by atoms with Gasteiger partial charge in [-0.15, -0.1) is 0 Å². The van der Waals surface area contributed by atoms with Gasteiger partial charge in [0.2, 0.25) is 0 Å². The van der Waals surface area contributed by atoms with Gasteiger partial charge in [0.05, 0.1) is 11.1 Å². The quantitative estimate of drug-likeness (QED) is 0.441. The number of nitrogens with zero attached hydrogens (tertiary/aromatic N) is 2. The Morgan fingerprint density at radius 3 is 1.91 bits per heavy atom. The van der Waals surface area contributed by atoms with Crippen molar-refractivity contribution >= 4 is 44.8 Å². The first kappa shape index (κ1) is 20.0. The lowest BCUT2D eigenvalue weighted by Crippen LogP contribution is -2.22. The highest BCUT2D eigenvalue weighted by molar-refractivity contribution is 6.50. The van der Waals surface area contributed by atoms with E-state index in [0.717, 1.165) is 65.3 Å². The number of aliphatic hydroxyl groups is 1. The molecule has 2 aromatic carbocycles. The van der Waals surface area contributed by atoms with E-state index in [-0.39, 0.29) is 24.3 Å². The van der Waals surface area contributed by atoms with E-state index in [9.17, 15) is 14.7 Å². The third-order valence-electron chi connectivity index (χ3n) is 7.09. The summed E-state index contributed by atoms with van der Waals surface area (Å²) in [4.78, 5) is 26.2. The van der Waals surface area contributed by atoms with Gasteiger partial charge >= 0.3 is 0 Å². The van der Waals surface area contributed by atoms with E-state index >= 15 is 0 Å². The number of fused-ring (bicyclic) bond motifs is 12. The Morgan fingerprint density at radius 2 is 1.33 bits per heavy atom. The van der Waals surface area contributed by atoms with Crippen LogP contribution >= 0.6 is 0 Å². The predicted molar refractivity (Wildman–Crippen MR) is 128 cm³/mol. The molecule has 4 bridgehead atoms. The second-order valence-corrected chi connectivity index (χ2v) is 9.02. The number of para-hydroxylation sites is 2. The van der Waals surface area contributed by atoms with Crippen LogP contribution in [0.2, 0.25) is 0 Å². The van der Waals surface area contributed by atoms with Crippen LogP contribution in [-0.2, 0) is 22.7 Å². The van der Waals surface area contributed by atoms with Crippen LogP contribution in [0.1, 0.15) is 30.4 Å². The molecular formula is C27H25N3O3. The van der Waals surface area contributed by atoms with Crippen LogP contribution in [0.15, 0.2) is 60.9 Å². The van der Waals surface area contributed by atoms with Crippen molar-refractivity contribution in [3.8, 4) is 0 Å². The first-order valence-electron chi connectivity index (χ1n) is 11.5. The molecule has 166 valence electrons. The number of nitrogens with one attached hydrogen (secondary N) is 1. The molecule has 0 saturated carbocycles. The van der Waals surface area contributed by atoms with Crippen molar-refractivity contribution in [2.75, 3.05) is 6.61 Å². The van der Waals surface area contributed by atoms with Gasteiger partial charge in [-0.2, -0.15) is 0 Å². The maximum Gasteiger partial charge on any atom is 0.259 e. The van der Waals surface area contributed by atoms with Gasteiger partial charge in [0.15, 0.2) is 0 Å². The van der Waals surface area contributed by atoms with E-state index in [0.29, 0.717) is 11.1 Å². The Hall–Kier alpha value is -3.64. The van der Waals surface area contributed by atoms with Crippen molar-refractivity contribution in [3.63, 3.8) is 0 Å². The number of benzene rings is 2. The third kappa shape index (κ3) is 3.13. The molecule has 0 spiro atoms. The fourth-order valence-electron chi connectivity index (χ4n) is 5.43. The molecule has 1 atom stereocenters. The molecule has 33 heavy (non-hydrogen) atoms. The van der Waals surface area contributed by atoms with E-state index in [2.05, 4.69) is 20.5 Å². The van der Waals surface area contributed by atoms with Gasteiger partial charge in [-0.25, -0.2) is 0 Å². The Morgan fingerprint density at radius 1 is 0.788 bits per heavy atom. The number of carbonyl (C=O) groups excluding carboxylic acids is 2. The van der Waals surface area contributed by atoms with Crippen LogP contribution in [0.3, 0.4) is 0 Å². The van der Waals surface area contributed by atoms with E-state index in [1.807, 2.05) is 54.9 Å². The first-order chi connectivity index (χ1) is 16.2. The van der Waals surface area contributed by atoms with Crippen molar-refractivity contribution in [1.82, 2.24) is 14.5 Å². The summed E-state index contributed by atoms with van der Waals surface area (Å²) in [6.07, 6.45) is 6.72. The molecule has 0 aliphatic carbocycles. The molecule has 6 rings (SSSR count). The molecule has 2 aliphatic heterocycles. The summed E-state index contributed by atoms with van der Waals surface area (Å²) in [7, 11) is 0. The average Bonchev–Trinajstić information content (AvgIpc) is 3.46. The van der Waals surface area contributed by atoms with Gasteiger partial charge in [-0.1, -0.05) is 36.4 Å². The minimum absolute atomic E-state index is 0.163. The highest BCUT2D eigenvalue weighted by atomic mass is 16.3. The number of rotatable bonds is 1. The molecule has 4 aromatic rings. The lowest BCUT2D eigenvalue weighted by molar-refractivity contribution is -0.122. The third-order valence-corrected chi connectivity index (χ3v) is 7.09. The molecule has 1 unspecified atom stereocenters. The minimum Gasteiger partial charge on any atom is -0.396 e. The van der Waals surface area contributed by atoms with Crippen LogP contribution in [0, 0.1) is 5.92 Å². The number of aliphatic hydroxyl groups excluding tert-OH is 1. The molecule has 0 fully saturated rings. The molecule has 2 amide bonds. The molecular weight excluding hydrogens is 414 g/mol. The summed E-state index contributed by atoms with van der Waals surface area (Å²) in [5.74, 6) is -0.484. The fraction of sp³-hybridized carbons (Fsp3) is 0.259. The molecule has 2 aromatic heterocycles. The zero-order valence-electron chi connectivity index (χ0n) is 18.3. The van der Waals surface area contributed by atoms with Crippen molar-refractivity contribution in [1.29, 1.82) is 0 Å². The standard InChI is InChI=1S/C27H25N3O3/c31-16-17-6-5-12-29-14-20(18-7-1-3-9-22(18)29)24-25(27(33)28-26(24)32)21-15-30(13-11-17)23-10-4-2-8-19(21)23/h1-4,7-10,14-15,17,31H,5-6,11-13,16H2,(H,28,32,33). The number of amides is 2. The first-order valence-corrected chi connectivity index (χ1v) is 11.5. The number of aryl methyl sites for hydroxylation is 2. The molecule has 4 heterocycles. The second-order valence-electron chi connectivity index (χ2n) is 9.02. The van der Waals surface area contributed by atoms with E-state index in [1.165, 1.54) is 0 Å². The number of carbonyl (C=O) groups is 2. The van der Waals surface area contributed by atoms with Gasteiger partial charge in [0.25, 0.3) is 11.8 Å². The Kier molecular flexibility index (Phi) is 4.69. The molecule has 6 heteroatoms. The largest absolute Gasteiger partial charge is 0.396 e. The van der Waals surface area contributed by atoms with E-state index in [4.69, 9.17) is 0 Å².